The zero-order valence-electron chi connectivity index (χ0n) is 14.7. The number of hydrogen-bond donors (Lipinski definition) is 0. The van der Waals surface area contributed by atoms with Crippen molar-refractivity contribution in [2.75, 3.05) is 13.1 Å². The van der Waals surface area contributed by atoms with Gasteiger partial charge in [0.25, 0.3) is 5.91 Å². The second-order valence-corrected chi connectivity index (χ2v) is 6.62. The van der Waals surface area contributed by atoms with E-state index in [1.54, 1.807) is 30.7 Å². The van der Waals surface area contributed by atoms with E-state index >= 15 is 0 Å². The number of likely N-dealkylation sites (tertiary alicyclic amines) is 1. The van der Waals surface area contributed by atoms with Crippen LogP contribution < -0.4 is 0 Å². The van der Waals surface area contributed by atoms with Crippen LogP contribution in [0.3, 0.4) is 0 Å². The predicted molar refractivity (Wildman–Crippen MR) is 98.6 cm³/mol. The van der Waals surface area contributed by atoms with Crippen molar-refractivity contribution in [3.63, 3.8) is 0 Å². The van der Waals surface area contributed by atoms with Gasteiger partial charge in [-0.15, -0.1) is 0 Å². The molecule has 0 saturated carbocycles. The summed E-state index contributed by atoms with van der Waals surface area (Å²) in [5, 5.41) is 0. The highest BCUT2D eigenvalue weighted by Gasteiger charge is 2.28. The van der Waals surface area contributed by atoms with Crippen molar-refractivity contribution >= 4 is 5.91 Å². The molecule has 0 N–H and O–H groups in total. The lowest BCUT2D eigenvalue weighted by Gasteiger charge is -2.34. The maximum absolute atomic E-state index is 12.8. The summed E-state index contributed by atoms with van der Waals surface area (Å²) in [6.07, 6.45) is 10.8. The van der Waals surface area contributed by atoms with Gasteiger partial charge in [0.2, 0.25) is 0 Å². The van der Waals surface area contributed by atoms with E-state index in [1.165, 1.54) is 0 Å². The molecule has 1 unspecified atom stereocenters. The molecule has 1 aliphatic heterocycles. The molecule has 4 rings (SSSR count). The molecule has 132 valence electrons. The number of piperidine rings is 1. The molecule has 4 heterocycles. The third kappa shape index (κ3) is 3.10. The minimum absolute atomic E-state index is 0.0674. The van der Waals surface area contributed by atoms with E-state index in [0.717, 1.165) is 36.5 Å². The SMILES string of the molecule is Cc1cnc(-c2cccnc2)n1C1CCCN(C(=O)c2ccncc2)C1. The van der Waals surface area contributed by atoms with E-state index in [9.17, 15) is 4.79 Å². The van der Waals surface area contributed by atoms with E-state index in [0.29, 0.717) is 12.1 Å². The topological polar surface area (TPSA) is 63.9 Å². The first kappa shape index (κ1) is 16.4. The van der Waals surface area contributed by atoms with E-state index in [1.807, 2.05) is 29.4 Å². The quantitative estimate of drug-likeness (QED) is 0.730. The smallest absolute Gasteiger partial charge is 0.254 e. The van der Waals surface area contributed by atoms with Gasteiger partial charge in [-0.1, -0.05) is 0 Å². The fraction of sp³-hybridized carbons (Fsp3) is 0.300. The lowest BCUT2D eigenvalue weighted by atomic mass is 10.0. The number of carbonyl (C=O) groups is 1. The summed E-state index contributed by atoms with van der Waals surface area (Å²) in [6, 6.07) is 7.70. The van der Waals surface area contributed by atoms with Crippen molar-refractivity contribution in [2.45, 2.75) is 25.8 Å². The Morgan fingerprint density at radius 2 is 1.96 bits per heavy atom. The molecule has 26 heavy (non-hydrogen) atoms. The van der Waals surface area contributed by atoms with Crippen LogP contribution in [0.4, 0.5) is 0 Å². The molecule has 0 bridgehead atoms. The van der Waals surface area contributed by atoms with Gasteiger partial charge in [0.1, 0.15) is 5.82 Å². The highest BCUT2D eigenvalue weighted by Crippen LogP contribution is 2.29. The Bertz CT molecular complexity index is 891. The molecule has 6 heteroatoms. The Balaban J connectivity index is 1.61. The summed E-state index contributed by atoms with van der Waals surface area (Å²) >= 11 is 0. The van der Waals surface area contributed by atoms with Gasteiger partial charge in [-0.2, -0.15) is 0 Å². The number of imidazole rings is 1. The first-order valence-electron chi connectivity index (χ1n) is 8.87. The molecular formula is C20H21N5O. The van der Waals surface area contributed by atoms with Crippen LogP contribution in [-0.4, -0.2) is 43.4 Å². The molecule has 3 aromatic rings. The summed E-state index contributed by atoms with van der Waals surface area (Å²) in [7, 11) is 0. The van der Waals surface area contributed by atoms with Crippen LogP contribution >= 0.6 is 0 Å². The minimum atomic E-state index is 0.0674. The molecule has 0 aromatic carbocycles. The lowest BCUT2D eigenvalue weighted by molar-refractivity contribution is 0.0679. The maximum Gasteiger partial charge on any atom is 0.254 e. The molecule has 0 radical (unpaired) electrons. The molecule has 0 aliphatic carbocycles. The summed E-state index contributed by atoms with van der Waals surface area (Å²) in [5.74, 6) is 0.983. The van der Waals surface area contributed by atoms with Crippen molar-refractivity contribution in [1.29, 1.82) is 0 Å². The third-order valence-electron chi connectivity index (χ3n) is 4.88. The zero-order chi connectivity index (χ0) is 17.9. The van der Waals surface area contributed by atoms with Crippen LogP contribution in [0.5, 0.6) is 0 Å². The van der Waals surface area contributed by atoms with Gasteiger partial charge in [-0.25, -0.2) is 4.98 Å². The molecular weight excluding hydrogens is 326 g/mol. The molecule has 0 spiro atoms. The number of carbonyl (C=O) groups excluding carboxylic acids is 1. The van der Waals surface area contributed by atoms with Crippen molar-refractivity contribution < 1.29 is 4.79 Å². The van der Waals surface area contributed by atoms with Crippen LogP contribution in [0.25, 0.3) is 11.4 Å². The first-order valence-corrected chi connectivity index (χ1v) is 8.87. The monoisotopic (exact) mass is 347 g/mol. The van der Waals surface area contributed by atoms with Crippen LogP contribution in [0.2, 0.25) is 0 Å². The van der Waals surface area contributed by atoms with Crippen LogP contribution in [-0.2, 0) is 0 Å². The number of hydrogen-bond acceptors (Lipinski definition) is 4. The summed E-state index contributed by atoms with van der Waals surface area (Å²) in [4.78, 5) is 27.6. The third-order valence-corrected chi connectivity index (χ3v) is 4.88. The average Bonchev–Trinajstić information content (AvgIpc) is 3.10. The molecule has 1 atom stereocenters. The highest BCUT2D eigenvalue weighted by molar-refractivity contribution is 5.94. The molecule has 1 aliphatic rings. The van der Waals surface area contributed by atoms with Gasteiger partial charge in [-0.3, -0.25) is 14.8 Å². The predicted octanol–water partition coefficient (Wildman–Crippen LogP) is 3.13. The second-order valence-electron chi connectivity index (χ2n) is 6.62. The van der Waals surface area contributed by atoms with Gasteiger partial charge in [0.05, 0.1) is 6.04 Å². The van der Waals surface area contributed by atoms with Gasteiger partial charge in [-0.05, 0) is 44.0 Å². The zero-order valence-corrected chi connectivity index (χ0v) is 14.7. The van der Waals surface area contributed by atoms with E-state index in [-0.39, 0.29) is 11.9 Å². The van der Waals surface area contributed by atoms with Crippen molar-refractivity contribution in [1.82, 2.24) is 24.4 Å². The van der Waals surface area contributed by atoms with Crippen molar-refractivity contribution in [3.8, 4) is 11.4 Å². The van der Waals surface area contributed by atoms with E-state index in [4.69, 9.17) is 0 Å². The molecule has 1 amide bonds. The molecule has 6 nitrogen and oxygen atoms in total. The average molecular weight is 347 g/mol. The fourth-order valence-electron chi connectivity index (χ4n) is 3.64. The fourth-order valence-corrected chi connectivity index (χ4v) is 3.64. The Hall–Kier alpha value is -3.02. The second kappa shape index (κ2) is 7.07. The molecule has 1 fully saturated rings. The number of amides is 1. The first-order chi connectivity index (χ1) is 12.7. The van der Waals surface area contributed by atoms with Crippen molar-refractivity contribution in [2.24, 2.45) is 0 Å². The Kier molecular flexibility index (Phi) is 4.48. The maximum atomic E-state index is 12.8. The van der Waals surface area contributed by atoms with Crippen molar-refractivity contribution in [3.05, 3.63) is 66.5 Å². The Morgan fingerprint density at radius 3 is 2.73 bits per heavy atom. The van der Waals surface area contributed by atoms with Crippen LogP contribution in [0, 0.1) is 6.92 Å². The Labute approximate surface area is 152 Å². The van der Waals surface area contributed by atoms with Gasteiger partial charge >= 0.3 is 0 Å². The number of pyridine rings is 2. The standard InChI is InChI=1S/C20H21N5O/c1-15-12-23-19(17-4-2-8-22-13-17)25(15)18-5-3-11-24(14-18)20(26)16-6-9-21-10-7-16/h2,4,6-10,12-13,18H,3,5,11,14H2,1H3. The summed E-state index contributed by atoms with van der Waals surface area (Å²) < 4.78 is 2.25. The van der Waals surface area contributed by atoms with E-state index in [2.05, 4.69) is 26.4 Å². The molecule has 1 saturated heterocycles. The highest BCUT2D eigenvalue weighted by atomic mass is 16.2. The lowest BCUT2D eigenvalue weighted by Crippen LogP contribution is -2.41. The van der Waals surface area contributed by atoms with Gasteiger partial charge in [0, 0.05) is 60.9 Å². The number of aryl methyl sites for hydroxylation is 1. The number of rotatable bonds is 3. The number of nitrogens with zero attached hydrogens (tertiary/aromatic N) is 5. The van der Waals surface area contributed by atoms with Gasteiger partial charge < -0.3 is 9.47 Å². The van der Waals surface area contributed by atoms with Crippen LogP contribution in [0.1, 0.15) is 34.9 Å². The summed E-state index contributed by atoms with van der Waals surface area (Å²) in [6.45, 7) is 3.54. The molecule has 3 aromatic heterocycles. The normalized spacial score (nSPS) is 17.3. The van der Waals surface area contributed by atoms with E-state index < -0.39 is 0 Å². The largest absolute Gasteiger partial charge is 0.337 e. The van der Waals surface area contributed by atoms with Crippen LogP contribution in [0.15, 0.2) is 55.2 Å². The summed E-state index contributed by atoms with van der Waals surface area (Å²) in [5.41, 5.74) is 2.79. The number of aromatic nitrogens is 4. The van der Waals surface area contributed by atoms with Gasteiger partial charge in [0.15, 0.2) is 0 Å². The minimum Gasteiger partial charge on any atom is -0.337 e. The Morgan fingerprint density at radius 1 is 1.12 bits per heavy atom.